The van der Waals surface area contributed by atoms with Crippen LogP contribution in [0, 0.1) is 5.92 Å². The fourth-order valence-electron chi connectivity index (χ4n) is 1.37. The maximum absolute atomic E-state index is 6.15. The minimum atomic E-state index is 0.472. The lowest BCUT2D eigenvalue weighted by molar-refractivity contribution is 0.434. The molecule has 0 saturated heterocycles. The van der Waals surface area contributed by atoms with E-state index in [9.17, 15) is 0 Å². The molecule has 1 atom stereocenters. The zero-order valence-electron chi connectivity index (χ0n) is 9.43. The first-order valence-electron chi connectivity index (χ1n) is 5.28. The lowest BCUT2D eigenvalue weighted by Gasteiger charge is -2.20. The van der Waals surface area contributed by atoms with Crippen LogP contribution in [0.15, 0.2) is 22.7 Å². The van der Waals surface area contributed by atoms with Crippen LogP contribution in [0.4, 0.5) is 0 Å². The molecule has 1 rings (SSSR count). The smallest absolute Gasteiger partial charge is 0.0462 e. The van der Waals surface area contributed by atoms with Crippen molar-refractivity contribution in [3.05, 3.63) is 33.3 Å². The Labute approximate surface area is 119 Å². The van der Waals surface area contributed by atoms with E-state index in [-0.39, 0.29) is 0 Å². The predicted molar refractivity (Wildman–Crippen MR) is 78.4 cm³/mol. The molecule has 1 nitrogen and oxygen atoms in total. The van der Waals surface area contributed by atoms with Crippen LogP contribution in [0.2, 0.25) is 5.02 Å². The summed E-state index contributed by atoms with van der Waals surface area (Å²) in [4.78, 5) is 0. The van der Waals surface area contributed by atoms with E-state index in [4.69, 9.17) is 11.6 Å². The summed E-state index contributed by atoms with van der Waals surface area (Å²) in [6, 6.07) is 6.46. The van der Waals surface area contributed by atoms with Crippen LogP contribution >= 0.6 is 43.5 Å². The van der Waals surface area contributed by atoms with Gasteiger partial charge in [0, 0.05) is 27.4 Å². The molecule has 90 valence electrons. The summed E-state index contributed by atoms with van der Waals surface area (Å²) in [7, 11) is 0. The Kier molecular flexibility index (Phi) is 6.34. The van der Waals surface area contributed by atoms with E-state index in [0.29, 0.717) is 12.0 Å². The van der Waals surface area contributed by atoms with Gasteiger partial charge in [-0.2, -0.15) is 0 Å². The van der Waals surface area contributed by atoms with E-state index in [1.807, 2.05) is 18.2 Å². The molecule has 0 bridgehead atoms. The summed E-state index contributed by atoms with van der Waals surface area (Å²) < 4.78 is 1.02. The van der Waals surface area contributed by atoms with Crippen molar-refractivity contribution in [1.82, 2.24) is 5.32 Å². The minimum Gasteiger partial charge on any atom is -0.309 e. The highest BCUT2D eigenvalue weighted by Crippen LogP contribution is 2.21. The second-order valence-corrected chi connectivity index (χ2v) is 6.09. The molecule has 1 aromatic carbocycles. The Hall–Kier alpha value is 0.430. The highest BCUT2D eigenvalue weighted by molar-refractivity contribution is 9.10. The van der Waals surface area contributed by atoms with Crippen molar-refractivity contribution in [2.45, 2.75) is 26.4 Å². The topological polar surface area (TPSA) is 12.0 Å². The third kappa shape index (κ3) is 4.36. The molecule has 0 fully saturated rings. The van der Waals surface area contributed by atoms with E-state index in [1.54, 1.807) is 0 Å². The normalized spacial score (nSPS) is 13.1. The molecule has 1 N–H and O–H groups in total. The second-order valence-electron chi connectivity index (χ2n) is 4.12. The highest BCUT2D eigenvalue weighted by Gasteiger charge is 2.11. The molecule has 16 heavy (non-hydrogen) atoms. The zero-order chi connectivity index (χ0) is 12.1. The lowest BCUT2D eigenvalue weighted by atomic mass is 10.1. The molecule has 0 aliphatic heterocycles. The van der Waals surface area contributed by atoms with Crippen molar-refractivity contribution in [2.75, 3.05) is 5.33 Å². The number of rotatable bonds is 5. The van der Waals surface area contributed by atoms with Gasteiger partial charge in [0.25, 0.3) is 0 Å². The van der Waals surface area contributed by atoms with E-state index in [1.165, 1.54) is 0 Å². The average Bonchev–Trinajstić information content (AvgIpc) is 2.21. The number of hydrogen-bond acceptors (Lipinski definition) is 1. The maximum atomic E-state index is 6.15. The van der Waals surface area contributed by atoms with Crippen molar-refractivity contribution in [3.63, 3.8) is 0 Å². The number of halogens is 3. The van der Waals surface area contributed by atoms with Crippen molar-refractivity contribution < 1.29 is 0 Å². The van der Waals surface area contributed by atoms with Crippen LogP contribution in [-0.4, -0.2) is 11.4 Å². The summed E-state index contributed by atoms with van der Waals surface area (Å²) in [6.45, 7) is 5.23. The molecule has 0 saturated carbocycles. The third-order valence-corrected chi connectivity index (χ3v) is 4.08. The van der Waals surface area contributed by atoms with Gasteiger partial charge in [-0.3, -0.25) is 0 Å². The SMILES string of the molecule is CC(C)C(CBr)NCc1ccc(Br)cc1Cl. The van der Waals surface area contributed by atoms with Crippen molar-refractivity contribution in [2.24, 2.45) is 5.92 Å². The van der Waals surface area contributed by atoms with Gasteiger partial charge in [-0.25, -0.2) is 0 Å². The molecule has 0 heterocycles. The van der Waals surface area contributed by atoms with E-state index >= 15 is 0 Å². The Balaban J connectivity index is 2.60. The molecule has 0 aliphatic rings. The summed E-state index contributed by atoms with van der Waals surface area (Å²) in [5, 5.41) is 5.26. The molecule has 0 radical (unpaired) electrons. The first-order valence-corrected chi connectivity index (χ1v) is 7.57. The molecular formula is C12H16Br2ClN. The fourth-order valence-corrected chi connectivity index (χ4v) is 3.09. The van der Waals surface area contributed by atoms with Crippen LogP contribution < -0.4 is 5.32 Å². The number of nitrogens with one attached hydrogen (secondary N) is 1. The Morgan fingerprint density at radius 3 is 2.56 bits per heavy atom. The first kappa shape index (κ1) is 14.5. The molecule has 1 aromatic rings. The van der Waals surface area contributed by atoms with E-state index in [0.717, 1.165) is 26.9 Å². The lowest BCUT2D eigenvalue weighted by Crippen LogP contribution is -2.34. The van der Waals surface area contributed by atoms with Crippen molar-refractivity contribution >= 4 is 43.5 Å². The van der Waals surface area contributed by atoms with Crippen LogP contribution in [0.1, 0.15) is 19.4 Å². The molecule has 0 aliphatic carbocycles. The number of hydrogen-bond donors (Lipinski definition) is 1. The summed E-state index contributed by atoms with van der Waals surface area (Å²) >= 11 is 13.1. The summed E-state index contributed by atoms with van der Waals surface area (Å²) in [5.74, 6) is 0.605. The number of benzene rings is 1. The molecule has 4 heteroatoms. The van der Waals surface area contributed by atoms with Crippen molar-refractivity contribution in [1.29, 1.82) is 0 Å². The Morgan fingerprint density at radius 1 is 1.38 bits per heavy atom. The van der Waals surface area contributed by atoms with Crippen LogP contribution in [-0.2, 0) is 6.54 Å². The Morgan fingerprint density at radius 2 is 2.06 bits per heavy atom. The Bertz CT molecular complexity index is 342. The quantitative estimate of drug-likeness (QED) is 0.747. The summed E-state index contributed by atoms with van der Waals surface area (Å²) in [5.41, 5.74) is 1.14. The third-order valence-electron chi connectivity index (χ3n) is 2.54. The maximum Gasteiger partial charge on any atom is 0.0462 e. The summed E-state index contributed by atoms with van der Waals surface area (Å²) in [6.07, 6.45) is 0. The van der Waals surface area contributed by atoms with Gasteiger partial charge in [-0.15, -0.1) is 0 Å². The van der Waals surface area contributed by atoms with E-state index < -0.39 is 0 Å². The van der Waals surface area contributed by atoms with Crippen LogP contribution in [0.5, 0.6) is 0 Å². The highest BCUT2D eigenvalue weighted by atomic mass is 79.9. The average molecular weight is 370 g/mol. The van der Waals surface area contributed by atoms with Gasteiger partial charge in [-0.05, 0) is 23.6 Å². The van der Waals surface area contributed by atoms with Gasteiger partial charge >= 0.3 is 0 Å². The molecule has 1 unspecified atom stereocenters. The minimum absolute atomic E-state index is 0.472. The molecular weight excluding hydrogens is 353 g/mol. The standard InChI is InChI=1S/C12H16Br2ClN/c1-8(2)12(6-13)16-7-9-3-4-10(14)5-11(9)15/h3-5,8,12,16H,6-7H2,1-2H3. The van der Waals surface area contributed by atoms with Crippen molar-refractivity contribution in [3.8, 4) is 0 Å². The van der Waals surface area contributed by atoms with Gasteiger partial charge in [0.1, 0.15) is 0 Å². The van der Waals surface area contributed by atoms with Crippen LogP contribution in [0.25, 0.3) is 0 Å². The predicted octanol–water partition coefficient (Wildman–Crippen LogP) is 4.61. The van der Waals surface area contributed by atoms with E-state index in [2.05, 4.69) is 51.0 Å². The molecule has 0 aromatic heterocycles. The first-order chi connectivity index (χ1) is 7.54. The zero-order valence-corrected chi connectivity index (χ0v) is 13.4. The number of alkyl halides is 1. The van der Waals surface area contributed by atoms with Gasteiger partial charge in [0.2, 0.25) is 0 Å². The largest absolute Gasteiger partial charge is 0.309 e. The fraction of sp³-hybridized carbons (Fsp3) is 0.500. The van der Waals surface area contributed by atoms with Gasteiger partial charge in [0.05, 0.1) is 0 Å². The molecule has 0 spiro atoms. The monoisotopic (exact) mass is 367 g/mol. The van der Waals surface area contributed by atoms with Gasteiger partial charge in [0.15, 0.2) is 0 Å². The second kappa shape index (κ2) is 7.00. The molecule has 0 amide bonds. The van der Waals surface area contributed by atoms with Gasteiger partial charge < -0.3 is 5.32 Å². The van der Waals surface area contributed by atoms with Gasteiger partial charge in [-0.1, -0.05) is 63.4 Å². The van der Waals surface area contributed by atoms with Crippen LogP contribution in [0.3, 0.4) is 0 Å².